The summed E-state index contributed by atoms with van der Waals surface area (Å²) in [4.78, 5) is 0.128. The van der Waals surface area contributed by atoms with Crippen LogP contribution in [0.25, 0.3) is 0 Å². The fraction of sp³-hybridized carbons (Fsp3) is 0.455. The van der Waals surface area contributed by atoms with E-state index in [1.54, 1.807) is 6.92 Å². The topological polar surface area (TPSA) is 97.5 Å². The molecule has 0 heterocycles. The number of hydrogen-bond donors (Lipinski definition) is 1. The molecule has 20 heavy (non-hydrogen) atoms. The van der Waals surface area contributed by atoms with Crippen LogP contribution in [0.1, 0.15) is 6.92 Å². The summed E-state index contributed by atoms with van der Waals surface area (Å²) in [6, 6.07) is 4.79. The molecule has 0 amide bonds. The SMILES string of the molecule is CC(CN)N(C)S(=O)(=O)c1ccc(S(C)(=O)=O)cc1.Cl. The molecule has 6 nitrogen and oxygen atoms in total. The van der Waals surface area contributed by atoms with Crippen molar-refractivity contribution in [2.24, 2.45) is 5.73 Å². The van der Waals surface area contributed by atoms with Gasteiger partial charge in [-0.25, -0.2) is 16.8 Å². The summed E-state index contributed by atoms with van der Waals surface area (Å²) in [6.45, 7) is 1.90. The lowest BCUT2D eigenvalue weighted by molar-refractivity contribution is 0.394. The van der Waals surface area contributed by atoms with E-state index in [9.17, 15) is 16.8 Å². The second-order valence-corrected chi connectivity index (χ2v) is 8.36. The molecule has 9 heteroatoms. The highest BCUT2D eigenvalue weighted by molar-refractivity contribution is 7.90. The summed E-state index contributed by atoms with van der Waals surface area (Å²) < 4.78 is 48.2. The van der Waals surface area contributed by atoms with Crippen LogP contribution >= 0.6 is 12.4 Å². The van der Waals surface area contributed by atoms with Crippen LogP contribution < -0.4 is 5.73 Å². The third-order valence-electron chi connectivity index (χ3n) is 2.89. The number of sulfonamides is 1. The third-order valence-corrected chi connectivity index (χ3v) is 6.01. The average molecular weight is 343 g/mol. The fourth-order valence-electron chi connectivity index (χ4n) is 1.41. The third kappa shape index (κ3) is 4.16. The summed E-state index contributed by atoms with van der Waals surface area (Å²) in [5.41, 5.74) is 5.44. The van der Waals surface area contributed by atoms with E-state index >= 15 is 0 Å². The minimum absolute atomic E-state index is 0. The Bertz CT molecular complexity index is 642. The molecule has 1 atom stereocenters. The molecule has 0 aliphatic carbocycles. The van der Waals surface area contributed by atoms with Gasteiger partial charge < -0.3 is 5.73 Å². The first-order valence-corrected chi connectivity index (χ1v) is 8.92. The lowest BCUT2D eigenvalue weighted by atomic mass is 10.4. The monoisotopic (exact) mass is 342 g/mol. The number of sulfone groups is 1. The van der Waals surface area contributed by atoms with Crippen LogP contribution in [0.2, 0.25) is 0 Å². The minimum Gasteiger partial charge on any atom is -0.329 e. The Morgan fingerprint density at radius 3 is 1.85 bits per heavy atom. The van der Waals surface area contributed by atoms with Crippen molar-refractivity contribution in [1.29, 1.82) is 0 Å². The molecule has 116 valence electrons. The first kappa shape index (κ1) is 19.3. The smallest absolute Gasteiger partial charge is 0.243 e. The number of rotatable bonds is 5. The summed E-state index contributed by atoms with van der Waals surface area (Å²) >= 11 is 0. The Hall–Kier alpha value is -0.670. The lowest BCUT2D eigenvalue weighted by Gasteiger charge is -2.23. The van der Waals surface area contributed by atoms with E-state index in [1.807, 2.05) is 0 Å². The van der Waals surface area contributed by atoms with Crippen molar-refractivity contribution >= 4 is 32.3 Å². The lowest BCUT2D eigenvalue weighted by Crippen LogP contribution is -2.39. The number of benzene rings is 1. The molecular weight excluding hydrogens is 324 g/mol. The molecular formula is C11H19ClN2O4S2. The van der Waals surface area contributed by atoms with Gasteiger partial charge in [-0.2, -0.15) is 4.31 Å². The molecule has 1 aromatic carbocycles. The first-order valence-electron chi connectivity index (χ1n) is 5.59. The highest BCUT2D eigenvalue weighted by atomic mass is 35.5. The second kappa shape index (κ2) is 6.86. The molecule has 0 bridgehead atoms. The summed E-state index contributed by atoms with van der Waals surface area (Å²) in [5.74, 6) is 0. The normalized spacial score (nSPS) is 13.8. The second-order valence-electron chi connectivity index (χ2n) is 4.35. The largest absolute Gasteiger partial charge is 0.329 e. The van der Waals surface area contributed by atoms with Gasteiger partial charge >= 0.3 is 0 Å². The summed E-state index contributed by atoms with van der Waals surface area (Å²) in [7, 11) is -5.55. The maximum absolute atomic E-state index is 12.2. The average Bonchev–Trinajstić information content (AvgIpc) is 2.36. The number of nitrogens with zero attached hydrogens (tertiary/aromatic N) is 1. The maximum Gasteiger partial charge on any atom is 0.243 e. The van der Waals surface area contributed by atoms with E-state index in [4.69, 9.17) is 5.73 Å². The van der Waals surface area contributed by atoms with Gasteiger partial charge in [-0.3, -0.25) is 0 Å². The predicted molar refractivity (Wildman–Crippen MR) is 80.3 cm³/mol. The minimum atomic E-state index is -3.65. The highest BCUT2D eigenvalue weighted by Crippen LogP contribution is 2.18. The molecule has 0 saturated heterocycles. The van der Waals surface area contributed by atoms with Crippen molar-refractivity contribution in [1.82, 2.24) is 4.31 Å². The van der Waals surface area contributed by atoms with Crippen LogP contribution in [-0.4, -0.2) is 47.0 Å². The molecule has 0 aliphatic rings. The van der Waals surface area contributed by atoms with Gasteiger partial charge in [0.05, 0.1) is 9.79 Å². The predicted octanol–water partition coefficient (Wildman–Crippen LogP) is 0.480. The Morgan fingerprint density at radius 2 is 1.50 bits per heavy atom. The van der Waals surface area contributed by atoms with E-state index in [-0.39, 0.29) is 34.8 Å². The molecule has 1 unspecified atom stereocenters. The van der Waals surface area contributed by atoms with Crippen molar-refractivity contribution in [3.63, 3.8) is 0 Å². The van der Waals surface area contributed by atoms with Gasteiger partial charge in [-0.15, -0.1) is 12.4 Å². The molecule has 2 N–H and O–H groups in total. The van der Waals surface area contributed by atoms with Crippen LogP contribution in [0, 0.1) is 0 Å². The van der Waals surface area contributed by atoms with Gasteiger partial charge in [0.2, 0.25) is 10.0 Å². The Balaban J connectivity index is 0.00000361. The van der Waals surface area contributed by atoms with Crippen LogP contribution in [0.5, 0.6) is 0 Å². The van der Waals surface area contributed by atoms with Crippen LogP contribution in [0.15, 0.2) is 34.1 Å². The molecule has 1 rings (SSSR count). The van der Waals surface area contributed by atoms with Gasteiger partial charge in [-0.1, -0.05) is 0 Å². The summed E-state index contributed by atoms with van der Waals surface area (Å²) in [5, 5.41) is 0. The highest BCUT2D eigenvalue weighted by Gasteiger charge is 2.24. The first-order chi connectivity index (χ1) is 8.60. The Kier molecular flexibility index (Phi) is 6.63. The van der Waals surface area contributed by atoms with Crippen molar-refractivity contribution in [2.75, 3.05) is 19.8 Å². The number of nitrogens with two attached hydrogens (primary N) is 1. The van der Waals surface area contributed by atoms with E-state index in [0.717, 1.165) is 6.26 Å². The quantitative estimate of drug-likeness (QED) is 0.839. The number of likely N-dealkylation sites (N-methyl/N-ethyl adjacent to an activating group) is 1. The standard InChI is InChI=1S/C11H18N2O4S2.ClH/c1-9(8-12)13(2)19(16,17)11-6-4-10(5-7-11)18(3,14)15;/h4-7,9H,8,12H2,1-3H3;1H. The number of halogens is 1. The van der Waals surface area contributed by atoms with Gasteiger partial charge in [0.1, 0.15) is 0 Å². The molecule has 1 aromatic rings. The van der Waals surface area contributed by atoms with Crippen molar-refractivity contribution in [2.45, 2.75) is 22.8 Å². The van der Waals surface area contributed by atoms with Gasteiger partial charge in [0.25, 0.3) is 0 Å². The van der Waals surface area contributed by atoms with Gasteiger partial charge in [0, 0.05) is 25.9 Å². The van der Waals surface area contributed by atoms with E-state index in [1.165, 1.54) is 35.6 Å². The van der Waals surface area contributed by atoms with Crippen molar-refractivity contribution in [3.8, 4) is 0 Å². The Labute approximate surface area is 126 Å². The van der Waals surface area contributed by atoms with Crippen LogP contribution in [-0.2, 0) is 19.9 Å². The van der Waals surface area contributed by atoms with Crippen LogP contribution in [0.4, 0.5) is 0 Å². The zero-order chi connectivity index (χ0) is 14.8. The fourth-order valence-corrected chi connectivity index (χ4v) is 3.41. The Morgan fingerprint density at radius 1 is 1.10 bits per heavy atom. The van der Waals surface area contributed by atoms with Crippen LogP contribution in [0.3, 0.4) is 0 Å². The maximum atomic E-state index is 12.2. The van der Waals surface area contributed by atoms with E-state index in [2.05, 4.69) is 0 Å². The summed E-state index contributed by atoms with van der Waals surface area (Å²) in [6.07, 6.45) is 1.07. The zero-order valence-electron chi connectivity index (χ0n) is 11.5. The van der Waals surface area contributed by atoms with E-state index in [0.29, 0.717) is 0 Å². The molecule has 0 spiro atoms. The molecule has 0 aromatic heterocycles. The number of hydrogen-bond acceptors (Lipinski definition) is 5. The molecule has 0 aliphatic heterocycles. The van der Waals surface area contributed by atoms with Crippen molar-refractivity contribution < 1.29 is 16.8 Å². The van der Waals surface area contributed by atoms with E-state index < -0.39 is 19.9 Å². The van der Waals surface area contributed by atoms with Gasteiger partial charge in [0.15, 0.2) is 9.84 Å². The van der Waals surface area contributed by atoms with Gasteiger partial charge in [-0.05, 0) is 31.2 Å². The van der Waals surface area contributed by atoms with Crippen molar-refractivity contribution in [3.05, 3.63) is 24.3 Å². The molecule has 0 fully saturated rings. The molecule has 0 saturated carbocycles. The molecule has 0 radical (unpaired) electrons. The zero-order valence-corrected chi connectivity index (χ0v) is 13.9.